The van der Waals surface area contributed by atoms with E-state index in [9.17, 15) is 14.4 Å². The summed E-state index contributed by atoms with van der Waals surface area (Å²) in [5, 5.41) is 2.87. The number of hydrogen-bond donors (Lipinski definition) is 1. The second kappa shape index (κ2) is 8.43. The maximum absolute atomic E-state index is 12.4. The van der Waals surface area contributed by atoms with Crippen molar-refractivity contribution >= 4 is 17.7 Å². The van der Waals surface area contributed by atoms with Gasteiger partial charge >= 0.3 is 5.97 Å². The third-order valence-electron chi connectivity index (χ3n) is 4.17. The van der Waals surface area contributed by atoms with E-state index in [-0.39, 0.29) is 30.6 Å². The summed E-state index contributed by atoms with van der Waals surface area (Å²) in [5.41, 5.74) is 1.18. The summed E-state index contributed by atoms with van der Waals surface area (Å²) >= 11 is 0. The molecular formula is C21H21NO4. The van der Waals surface area contributed by atoms with E-state index in [4.69, 9.17) is 4.74 Å². The highest BCUT2D eigenvalue weighted by Crippen LogP contribution is 2.23. The van der Waals surface area contributed by atoms with E-state index >= 15 is 0 Å². The molecule has 0 aromatic heterocycles. The Bertz CT molecular complexity index is 769. The van der Waals surface area contributed by atoms with Crippen molar-refractivity contribution in [2.75, 3.05) is 0 Å². The van der Waals surface area contributed by atoms with Gasteiger partial charge in [0.1, 0.15) is 0 Å². The molecule has 1 N–H and O–H groups in total. The fourth-order valence-corrected chi connectivity index (χ4v) is 2.58. The van der Waals surface area contributed by atoms with Crippen LogP contribution in [0.25, 0.3) is 0 Å². The number of carbonyl (C=O) groups is 3. The van der Waals surface area contributed by atoms with Crippen molar-refractivity contribution in [2.24, 2.45) is 0 Å². The molecule has 0 heterocycles. The van der Waals surface area contributed by atoms with Crippen molar-refractivity contribution in [3.05, 3.63) is 71.8 Å². The Balaban J connectivity index is 1.59. The number of benzene rings is 2. The van der Waals surface area contributed by atoms with Crippen LogP contribution in [-0.2, 0) is 14.3 Å². The normalized spacial score (nSPS) is 14.3. The van der Waals surface area contributed by atoms with Crippen molar-refractivity contribution in [1.29, 1.82) is 0 Å². The highest BCUT2D eigenvalue weighted by atomic mass is 16.5. The zero-order valence-electron chi connectivity index (χ0n) is 14.4. The van der Waals surface area contributed by atoms with Crippen molar-refractivity contribution in [3.8, 4) is 0 Å². The zero-order valence-corrected chi connectivity index (χ0v) is 14.4. The quantitative estimate of drug-likeness (QED) is 0.585. The van der Waals surface area contributed by atoms with Crippen molar-refractivity contribution < 1.29 is 19.1 Å². The van der Waals surface area contributed by atoms with Crippen LogP contribution in [0.5, 0.6) is 0 Å². The lowest BCUT2D eigenvalue weighted by atomic mass is 10.1. The minimum atomic E-state index is -0.990. The van der Waals surface area contributed by atoms with Crippen LogP contribution in [0.2, 0.25) is 0 Å². The molecule has 5 heteroatoms. The fourth-order valence-electron chi connectivity index (χ4n) is 2.58. The number of Topliss-reactive ketones (excluding diaryl/α,β-unsaturated/α-hetero) is 1. The monoisotopic (exact) mass is 351 g/mol. The third-order valence-corrected chi connectivity index (χ3v) is 4.17. The van der Waals surface area contributed by atoms with Gasteiger partial charge in [0.2, 0.25) is 6.10 Å². The largest absolute Gasteiger partial charge is 0.447 e. The fraction of sp³-hybridized carbons (Fsp3) is 0.286. The molecule has 0 radical (unpaired) electrons. The van der Waals surface area contributed by atoms with Gasteiger partial charge in [0.15, 0.2) is 5.78 Å². The molecule has 2 aromatic carbocycles. The highest BCUT2D eigenvalue weighted by molar-refractivity contribution is 5.97. The molecule has 1 amide bonds. The maximum Gasteiger partial charge on any atom is 0.307 e. The summed E-state index contributed by atoms with van der Waals surface area (Å²) in [5.74, 6) is -1.00. The minimum Gasteiger partial charge on any atom is -0.447 e. The van der Waals surface area contributed by atoms with Crippen LogP contribution in [0.15, 0.2) is 60.7 Å². The summed E-state index contributed by atoms with van der Waals surface area (Å²) in [6.07, 6.45) is 0.901. The average Bonchev–Trinajstić information content (AvgIpc) is 3.49. The number of ether oxygens (including phenoxy) is 1. The van der Waals surface area contributed by atoms with Gasteiger partial charge in [-0.05, 0) is 12.8 Å². The van der Waals surface area contributed by atoms with Gasteiger partial charge in [0, 0.05) is 23.6 Å². The number of ketones is 1. The molecule has 5 nitrogen and oxygen atoms in total. The second-order valence-electron chi connectivity index (χ2n) is 6.35. The van der Waals surface area contributed by atoms with Gasteiger partial charge in [-0.25, -0.2) is 0 Å². The van der Waals surface area contributed by atoms with Crippen LogP contribution in [0, 0.1) is 0 Å². The molecule has 0 aliphatic heterocycles. The van der Waals surface area contributed by atoms with E-state index in [1.807, 2.05) is 12.1 Å². The molecule has 134 valence electrons. The van der Waals surface area contributed by atoms with Crippen molar-refractivity contribution in [2.45, 2.75) is 37.8 Å². The Labute approximate surface area is 152 Å². The van der Waals surface area contributed by atoms with Crippen LogP contribution in [-0.4, -0.2) is 23.7 Å². The highest BCUT2D eigenvalue weighted by Gasteiger charge is 2.30. The van der Waals surface area contributed by atoms with E-state index in [0.29, 0.717) is 11.1 Å². The molecule has 0 unspecified atom stereocenters. The van der Waals surface area contributed by atoms with Crippen molar-refractivity contribution in [3.63, 3.8) is 0 Å². The molecule has 1 aliphatic rings. The molecule has 2 aromatic rings. The first kappa shape index (κ1) is 17.9. The molecular weight excluding hydrogens is 330 g/mol. The standard InChI is InChI=1S/C21H21NO4/c23-18(15-7-3-1-4-8-15)13-14-19(24)26-20(16-9-5-2-6-10-16)21(25)22-17-11-12-17/h1-10,17,20H,11-14H2,(H,22,25)/t20-/m0/s1. The van der Waals surface area contributed by atoms with E-state index in [1.54, 1.807) is 48.5 Å². The zero-order chi connectivity index (χ0) is 18.4. The third kappa shape index (κ3) is 5.02. The van der Waals surface area contributed by atoms with E-state index in [1.165, 1.54) is 0 Å². The molecule has 1 aliphatic carbocycles. The van der Waals surface area contributed by atoms with E-state index < -0.39 is 12.1 Å². The van der Waals surface area contributed by atoms with E-state index in [0.717, 1.165) is 12.8 Å². The number of carbonyl (C=O) groups excluding carboxylic acids is 3. The second-order valence-corrected chi connectivity index (χ2v) is 6.35. The lowest BCUT2D eigenvalue weighted by Crippen LogP contribution is -2.33. The van der Waals surface area contributed by atoms with Crippen LogP contribution >= 0.6 is 0 Å². The first-order valence-electron chi connectivity index (χ1n) is 8.76. The predicted octanol–water partition coefficient (Wildman–Crippen LogP) is 3.21. The Morgan fingerprint density at radius 3 is 2.15 bits per heavy atom. The van der Waals surface area contributed by atoms with Gasteiger partial charge < -0.3 is 10.1 Å². The number of amides is 1. The van der Waals surface area contributed by atoms with Gasteiger partial charge in [-0.2, -0.15) is 0 Å². The van der Waals surface area contributed by atoms with Crippen LogP contribution in [0.3, 0.4) is 0 Å². The lowest BCUT2D eigenvalue weighted by molar-refractivity contribution is -0.156. The minimum absolute atomic E-state index is 0.0502. The van der Waals surface area contributed by atoms with Gasteiger partial charge in [-0.1, -0.05) is 60.7 Å². The number of esters is 1. The Morgan fingerprint density at radius 1 is 0.923 bits per heavy atom. The van der Waals surface area contributed by atoms with Gasteiger partial charge in [-0.15, -0.1) is 0 Å². The topological polar surface area (TPSA) is 72.5 Å². The van der Waals surface area contributed by atoms with E-state index in [2.05, 4.69) is 5.32 Å². The van der Waals surface area contributed by atoms with Crippen LogP contribution in [0.4, 0.5) is 0 Å². The molecule has 0 bridgehead atoms. The molecule has 0 saturated heterocycles. The summed E-state index contributed by atoms with van der Waals surface area (Å²) < 4.78 is 5.41. The van der Waals surface area contributed by atoms with Gasteiger partial charge in [0.05, 0.1) is 6.42 Å². The first-order valence-corrected chi connectivity index (χ1v) is 8.76. The SMILES string of the molecule is O=C(CCC(=O)c1ccccc1)O[C@H](C(=O)NC1CC1)c1ccccc1. The number of rotatable bonds is 8. The molecule has 0 spiro atoms. The lowest BCUT2D eigenvalue weighted by Gasteiger charge is -2.18. The Morgan fingerprint density at radius 2 is 1.54 bits per heavy atom. The Hall–Kier alpha value is -2.95. The summed E-state index contributed by atoms with van der Waals surface area (Å²) in [4.78, 5) is 36.8. The molecule has 1 atom stereocenters. The predicted molar refractivity (Wildman–Crippen MR) is 96.4 cm³/mol. The van der Waals surface area contributed by atoms with Crippen LogP contribution < -0.4 is 5.32 Å². The number of hydrogen-bond acceptors (Lipinski definition) is 4. The Kier molecular flexibility index (Phi) is 5.79. The average molecular weight is 351 g/mol. The summed E-state index contributed by atoms with van der Waals surface area (Å²) in [6, 6.07) is 17.9. The summed E-state index contributed by atoms with van der Waals surface area (Å²) in [7, 11) is 0. The molecule has 26 heavy (non-hydrogen) atoms. The maximum atomic E-state index is 12.4. The van der Waals surface area contributed by atoms with Gasteiger partial charge in [0.25, 0.3) is 5.91 Å². The van der Waals surface area contributed by atoms with Crippen molar-refractivity contribution in [1.82, 2.24) is 5.32 Å². The molecule has 1 fully saturated rings. The molecule has 1 saturated carbocycles. The summed E-state index contributed by atoms with van der Waals surface area (Å²) in [6.45, 7) is 0. The number of nitrogens with one attached hydrogen (secondary N) is 1. The smallest absolute Gasteiger partial charge is 0.307 e. The molecule has 3 rings (SSSR count). The van der Waals surface area contributed by atoms with Gasteiger partial charge in [-0.3, -0.25) is 14.4 Å². The first-order chi connectivity index (χ1) is 12.6. The van der Waals surface area contributed by atoms with Crippen LogP contribution in [0.1, 0.15) is 47.7 Å².